The van der Waals surface area contributed by atoms with Crippen LogP contribution in [0.4, 0.5) is 0 Å². The van der Waals surface area contributed by atoms with Crippen molar-refractivity contribution in [1.82, 2.24) is 20.4 Å². The SMILES string of the molecule is Cc1cccc(-c2noc(CN3CCC(C(=O)NC(C)C)CC3)n2)c1. The van der Waals surface area contributed by atoms with E-state index in [0.717, 1.165) is 31.5 Å². The third-order valence-electron chi connectivity index (χ3n) is 4.49. The van der Waals surface area contributed by atoms with Crippen molar-refractivity contribution >= 4 is 5.91 Å². The van der Waals surface area contributed by atoms with Crippen LogP contribution in [-0.2, 0) is 11.3 Å². The van der Waals surface area contributed by atoms with Gasteiger partial charge in [0.15, 0.2) is 0 Å². The van der Waals surface area contributed by atoms with Gasteiger partial charge >= 0.3 is 0 Å². The maximum Gasteiger partial charge on any atom is 0.241 e. The molecule has 6 heteroatoms. The van der Waals surface area contributed by atoms with Crippen molar-refractivity contribution in [3.05, 3.63) is 35.7 Å². The second-order valence-electron chi connectivity index (χ2n) is 7.09. The van der Waals surface area contributed by atoms with Gasteiger partial charge in [0, 0.05) is 17.5 Å². The van der Waals surface area contributed by atoms with Crippen LogP contribution in [0.1, 0.15) is 38.1 Å². The molecular formula is C19H26N4O2. The molecule has 0 bridgehead atoms. The first-order chi connectivity index (χ1) is 12.0. The van der Waals surface area contributed by atoms with Crippen LogP contribution < -0.4 is 5.32 Å². The molecule has 0 radical (unpaired) electrons. The van der Waals surface area contributed by atoms with Crippen LogP contribution in [0, 0.1) is 12.8 Å². The minimum Gasteiger partial charge on any atom is -0.354 e. The number of hydrogen-bond acceptors (Lipinski definition) is 5. The molecule has 0 saturated carbocycles. The summed E-state index contributed by atoms with van der Waals surface area (Å²) in [5.74, 6) is 1.55. The van der Waals surface area contributed by atoms with Gasteiger partial charge in [-0.2, -0.15) is 4.98 Å². The van der Waals surface area contributed by atoms with Crippen LogP contribution in [-0.4, -0.2) is 40.1 Å². The number of aryl methyl sites for hydroxylation is 1. The summed E-state index contributed by atoms with van der Waals surface area (Å²) in [6.45, 7) is 8.42. The molecule has 2 aromatic rings. The first-order valence-electron chi connectivity index (χ1n) is 8.93. The second kappa shape index (κ2) is 7.78. The molecule has 0 unspecified atom stereocenters. The fourth-order valence-electron chi connectivity index (χ4n) is 3.17. The third-order valence-corrected chi connectivity index (χ3v) is 4.49. The Morgan fingerprint density at radius 3 is 2.80 bits per heavy atom. The van der Waals surface area contributed by atoms with E-state index in [0.29, 0.717) is 18.3 Å². The van der Waals surface area contributed by atoms with Gasteiger partial charge in [0.1, 0.15) is 0 Å². The van der Waals surface area contributed by atoms with Gasteiger partial charge in [-0.1, -0.05) is 28.9 Å². The van der Waals surface area contributed by atoms with E-state index in [1.54, 1.807) is 0 Å². The first kappa shape index (κ1) is 17.6. The van der Waals surface area contributed by atoms with Crippen molar-refractivity contribution in [3.8, 4) is 11.4 Å². The summed E-state index contributed by atoms with van der Waals surface area (Å²) in [6, 6.07) is 8.27. The van der Waals surface area contributed by atoms with E-state index in [2.05, 4.69) is 20.4 Å². The monoisotopic (exact) mass is 342 g/mol. The normalized spacial score (nSPS) is 16.3. The van der Waals surface area contributed by atoms with E-state index in [-0.39, 0.29) is 17.9 Å². The molecule has 1 N–H and O–H groups in total. The number of carbonyl (C=O) groups is 1. The predicted octanol–water partition coefficient (Wildman–Crippen LogP) is 2.78. The zero-order valence-corrected chi connectivity index (χ0v) is 15.2. The van der Waals surface area contributed by atoms with Crippen LogP contribution in [0.2, 0.25) is 0 Å². The molecule has 25 heavy (non-hydrogen) atoms. The summed E-state index contributed by atoms with van der Waals surface area (Å²) >= 11 is 0. The first-order valence-corrected chi connectivity index (χ1v) is 8.93. The number of hydrogen-bond donors (Lipinski definition) is 1. The lowest BCUT2D eigenvalue weighted by Gasteiger charge is -2.30. The van der Waals surface area contributed by atoms with Crippen LogP contribution in [0.5, 0.6) is 0 Å². The van der Waals surface area contributed by atoms with Gasteiger partial charge in [0.2, 0.25) is 17.6 Å². The number of nitrogens with zero attached hydrogens (tertiary/aromatic N) is 3. The molecule has 1 amide bonds. The maximum absolute atomic E-state index is 12.1. The molecule has 0 atom stereocenters. The number of aromatic nitrogens is 2. The van der Waals surface area contributed by atoms with E-state index < -0.39 is 0 Å². The summed E-state index contributed by atoms with van der Waals surface area (Å²) in [7, 11) is 0. The number of amides is 1. The molecule has 1 fully saturated rings. The molecular weight excluding hydrogens is 316 g/mol. The van der Waals surface area contributed by atoms with Crippen molar-refractivity contribution in [1.29, 1.82) is 0 Å². The summed E-state index contributed by atoms with van der Waals surface area (Å²) < 4.78 is 5.41. The lowest BCUT2D eigenvalue weighted by molar-refractivity contribution is -0.127. The topological polar surface area (TPSA) is 71.3 Å². The van der Waals surface area contributed by atoms with E-state index in [1.165, 1.54) is 5.56 Å². The lowest BCUT2D eigenvalue weighted by atomic mass is 9.95. The number of likely N-dealkylation sites (tertiary alicyclic amines) is 1. The van der Waals surface area contributed by atoms with Crippen molar-refractivity contribution in [2.45, 2.75) is 46.2 Å². The van der Waals surface area contributed by atoms with Gasteiger partial charge in [-0.15, -0.1) is 0 Å². The number of piperidine rings is 1. The number of nitrogens with one attached hydrogen (secondary N) is 1. The lowest BCUT2D eigenvalue weighted by Crippen LogP contribution is -2.42. The maximum atomic E-state index is 12.1. The molecule has 1 aliphatic heterocycles. The average molecular weight is 342 g/mol. The molecule has 0 aliphatic carbocycles. The van der Waals surface area contributed by atoms with E-state index in [4.69, 9.17) is 4.52 Å². The quantitative estimate of drug-likeness (QED) is 0.905. The summed E-state index contributed by atoms with van der Waals surface area (Å²) in [4.78, 5) is 18.9. The molecule has 1 saturated heterocycles. The highest BCUT2D eigenvalue weighted by Crippen LogP contribution is 2.21. The zero-order valence-electron chi connectivity index (χ0n) is 15.2. The molecule has 1 aromatic carbocycles. The molecule has 134 valence electrons. The third kappa shape index (κ3) is 4.66. The van der Waals surface area contributed by atoms with Crippen LogP contribution in [0.15, 0.2) is 28.8 Å². The standard InChI is InChI=1S/C19H26N4O2/c1-13(2)20-19(24)15-7-9-23(10-8-15)12-17-21-18(22-25-17)16-6-4-5-14(3)11-16/h4-6,11,13,15H,7-10,12H2,1-3H3,(H,20,24). The Kier molecular flexibility index (Phi) is 5.48. The van der Waals surface area contributed by atoms with E-state index >= 15 is 0 Å². The molecule has 2 heterocycles. The van der Waals surface area contributed by atoms with E-state index in [9.17, 15) is 4.79 Å². The Labute approximate surface area is 148 Å². The Morgan fingerprint density at radius 2 is 2.12 bits per heavy atom. The smallest absolute Gasteiger partial charge is 0.241 e. The van der Waals surface area contributed by atoms with Gasteiger partial charge in [-0.3, -0.25) is 9.69 Å². The van der Waals surface area contributed by atoms with Gasteiger partial charge in [0.05, 0.1) is 6.54 Å². The largest absolute Gasteiger partial charge is 0.354 e. The van der Waals surface area contributed by atoms with Crippen LogP contribution >= 0.6 is 0 Å². The van der Waals surface area contributed by atoms with Crippen LogP contribution in [0.25, 0.3) is 11.4 Å². The van der Waals surface area contributed by atoms with Gasteiger partial charge < -0.3 is 9.84 Å². The van der Waals surface area contributed by atoms with Gasteiger partial charge in [-0.05, 0) is 52.8 Å². The Hall–Kier alpha value is -2.21. The minimum absolute atomic E-state index is 0.115. The predicted molar refractivity (Wildman–Crippen MR) is 95.8 cm³/mol. The summed E-state index contributed by atoms with van der Waals surface area (Å²) in [5.41, 5.74) is 2.14. The zero-order chi connectivity index (χ0) is 17.8. The Morgan fingerprint density at radius 1 is 1.36 bits per heavy atom. The van der Waals surface area contributed by atoms with Crippen molar-refractivity contribution in [3.63, 3.8) is 0 Å². The molecule has 6 nitrogen and oxygen atoms in total. The second-order valence-corrected chi connectivity index (χ2v) is 7.09. The minimum atomic E-state index is 0.115. The summed E-state index contributed by atoms with van der Waals surface area (Å²) in [5, 5.41) is 7.10. The summed E-state index contributed by atoms with van der Waals surface area (Å²) in [6.07, 6.45) is 1.74. The fourth-order valence-corrected chi connectivity index (χ4v) is 3.17. The van der Waals surface area contributed by atoms with E-state index in [1.807, 2.05) is 45.0 Å². The highest BCUT2D eigenvalue weighted by atomic mass is 16.5. The average Bonchev–Trinajstić information content (AvgIpc) is 3.03. The van der Waals surface area contributed by atoms with Crippen LogP contribution in [0.3, 0.4) is 0 Å². The number of rotatable bonds is 5. The fraction of sp³-hybridized carbons (Fsp3) is 0.526. The number of carbonyl (C=O) groups excluding carboxylic acids is 1. The van der Waals surface area contributed by atoms with Crippen molar-refractivity contribution in [2.24, 2.45) is 5.92 Å². The van der Waals surface area contributed by atoms with Gasteiger partial charge in [0.25, 0.3) is 0 Å². The molecule has 1 aromatic heterocycles. The Bertz CT molecular complexity index is 718. The molecule has 1 aliphatic rings. The Balaban J connectivity index is 1.54. The highest BCUT2D eigenvalue weighted by Gasteiger charge is 2.26. The molecule has 3 rings (SSSR count). The van der Waals surface area contributed by atoms with Crippen molar-refractivity contribution < 1.29 is 9.32 Å². The highest BCUT2D eigenvalue weighted by molar-refractivity contribution is 5.78. The molecule has 0 spiro atoms. The van der Waals surface area contributed by atoms with Gasteiger partial charge in [-0.25, -0.2) is 0 Å². The van der Waals surface area contributed by atoms with Crippen molar-refractivity contribution in [2.75, 3.05) is 13.1 Å². The number of benzene rings is 1.